The summed E-state index contributed by atoms with van der Waals surface area (Å²) in [5.74, 6) is 0.672. The zero-order valence-corrected chi connectivity index (χ0v) is 12.6. The predicted molar refractivity (Wildman–Crippen MR) is 76.8 cm³/mol. The Morgan fingerprint density at radius 3 is 2.82 bits per heavy atom. The summed E-state index contributed by atoms with van der Waals surface area (Å²) in [6.45, 7) is 2.07. The van der Waals surface area contributed by atoms with E-state index in [1.54, 1.807) is 11.3 Å². The van der Waals surface area contributed by atoms with Gasteiger partial charge in [0.2, 0.25) is 0 Å². The number of halogens is 2. The van der Waals surface area contributed by atoms with Crippen LogP contribution < -0.4 is 0 Å². The third kappa shape index (κ3) is 3.50. The number of aryl methyl sites for hydroxylation is 2. The monoisotopic (exact) mass is 330 g/mol. The molecule has 0 radical (unpaired) electrons. The Labute approximate surface area is 118 Å². The van der Waals surface area contributed by atoms with Gasteiger partial charge in [-0.3, -0.25) is 0 Å². The molecule has 0 aliphatic heterocycles. The van der Waals surface area contributed by atoms with Gasteiger partial charge in [-0.25, -0.2) is 0 Å². The third-order valence-electron chi connectivity index (χ3n) is 2.28. The van der Waals surface area contributed by atoms with Crippen LogP contribution in [0.5, 0.6) is 0 Å². The molecule has 0 N–H and O–H groups in total. The van der Waals surface area contributed by atoms with Crippen LogP contribution in [0.4, 0.5) is 0 Å². The number of aromatic nitrogens is 2. The molecule has 0 bridgehead atoms. The van der Waals surface area contributed by atoms with Gasteiger partial charge in [-0.2, -0.15) is 0 Å². The molecule has 2 rings (SSSR count). The first-order chi connectivity index (χ1) is 8.19. The summed E-state index contributed by atoms with van der Waals surface area (Å²) in [5.41, 5.74) is 2.33. The fourth-order valence-corrected chi connectivity index (χ4v) is 3.16. The van der Waals surface area contributed by atoms with Crippen LogP contribution in [0.15, 0.2) is 22.7 Å². The fraction of sp³-hybridized carbons (Fsp3) is 0.333. The molecule has 0 spiro atoms. The van der Waals surface area contributed by atoms with Gasteiger partial charge in [0.25, 0.3) is 0 Å². The van der Waals surface area contributed by atoms with E-state index in [2.05, 4.69) is 51.3 Å². The molecule has 0 fully saturated rings. The minimum atomic E-state index is 0.672. The Balaban J connectivity index is 2.24. The Morgan fingerprint density at radius 1 is 1.29 bits per heavy atom. The van der Waals surface area contributed by atoms with Gasteiger partial charge in [-0.05, 0) is 37.1 Å². The van der Waals surface area contributed by atoms with Crippen molar-refractivity contribution in [2.45, 2.75) is 19.8 Å². The maximum absolute atomic E-state index is 5.67. The minimum Gasteiger partial charge on any atom is -0.143 e. The van der Waals surface area contributed by atoms with E-state index in [-0.39, 0.29) is 0 Å². The minimum absolute atomic E-state index is 0.672. The van der Waals surface area contributed by atoms with Gasteiger partial charge in [0, 0.05) is 22.3 Å². The number of hydrogen-bond acceptors (Lipinski definition) is 3. The molecule has 0 aliphatic carbocycles. The van der Waals surface area contributed by atoms with E-state index in [9.17, 15) is 0 Å². The van der Waals surface area contributed by atoms with Crippen molar-refractivity contribution in [2.24, 2.45) is 0 Å². The molecular weight excluding hydrogens is 320 g/mol. The predicted octanol–water partition coefficient (Wildman–Crippen LogP) is 4.45. The molecule has 1 aromatic carbocycles. The van der Waals surface area contributed by atoms with Gasteiger partial charge in [-0.1, -0.05) is 27.3 Å². The van der Waals surface area contributed by atoms with Gasteiger partial charge in [0.1, 0.15) is 10.0 Å². The maximum atomic E-state index is 5.67. The van der Waals surface area contributed by atoms with Gasteiger partial charge in [0.15, 0.2) is 0 Å². The molecule has 0 saturated heterocycles. The van der Waals surface area contributed by atoms with Crippen LogP contribution in [0.1, 0.15) is 17.0 Å². The Bertz CT molecular complexity index is 493. The second kappa shape index (κ2) is 5.94. The van der Waals surface area contributed by atoms with E-state index in [1.165, 1.54) is 5.56 Å². The van der Waals surface area contributed by atoms with Crippen LogP contribution in [0, 0.1) is 6.92 Å². The van der Waals surface area contributed by atoms with Crippen LogP contribution >= 0.6 is 38.9 Å². The molecule has 0 aliphatic rings. The number of nitrogens with zero attached hydrogens (tertiary/aromatic N) is 2. The van der Waals surface area contributed by atoms with E-state index < -0.39 is 0 Å². The third-order valence-corrected chi connectivity index (χ3v) is 4.04. The lowest BCUT2D eigenvalue weighted by atomic mass is 10.1. The highest BCUT2D eigenvalue weighted by atomic mass is 79.9. The highest BCUT2D eigenvalue weighted by Gasteiger charge is 2.07. The van der Waals surface area contributed by atoms with Crippen molar-refractivity contribution in [2.75, 3.05) is 5.88 Å². The second-order valence-electron chi connectivity index (χ2n) is 3.81. The molecule has 0 saturated carbocycles. The van der Waals surface area contributed by atoms with Crippen LogP contribution in [-0.2, 0) is 6.42 Å². The molecule has 1 heterocycles. The summed E-state index contributed by atoms with van der Waals surface area (Å²) in [5, 5.41) is 10.4. The number of alkyl halides is 1. The quantitative estimate of drug-likeness (QED) is 0.774. The van der Waals surface area contributed by atoms with E-state index in [0.717, 1.165) is 32.9 Å². The van der Waals surface area contributed by atoms with Crippen molar-refractivity contribution >= 4 is 38.9 Å². The van der Waals surface area contributed by atoms with Gasteiger partial charge < -0.3 is 0 Å². The highest BCUT2D eigenvalue weighted by Crippen LogP contribution is 2.27. The van der Waals surface area contributed by atoms with Gasteiger partial charge in [0.05, 0.1) is 0 Å². The Kier molecular flexibility index (Phi) is 4.54. The lowest BCUT2D eigenvalue weighted by Crippen LogP contribution is -1.84. The molecule has 0 atom stereocenters. The maximum Gasteiger partial charge on any atom is 0.147 e. The number of rotatable bonds is 4. The molecule has 17 heavy (non-hydrogen) atoms. The zero-order chi connectivity index (χ0) is 12.3. The Morgan fingerprint density at radius 2 is 2.12 bits per heavy atom. The average Bonchev–Trinajstić information content (AvgIpc) is 2.73. The molecule has 0 unspecified atom stereocenters. The van der Waals surface area contributed by atoms with E-state index >= 15 is 0 Å². The van der Waals surface area contributed by atoms with E-state index in [1.807, 2.05) is 0 Å². The van der Waals surface area contributed by atoms with Crippen molar-refractivity contribution in [1.82, 2.24) is 10.2 Å². The normalized spacial score (nSPS) is 10.8. The van der Waals surface area contributed by atoms with E-state index in [0.29, 0.717) is 5.88 Å². The van der Waals surface area contributed by atoms with Crippen molar-refractivity contribution in [1.29, 1.82) is 0 Å². The molecule has 1 aromatic heterocycles. The molecule has 0 amide bonds. The van der Waals surface area contributed by atoms with Gasteiger partial charge in [-0.15, -0.1) is 21.8 Å². The van der Waals surface area contributed by atoms with Crippen LogP contribution in [0.2, 0.25) is 0 Å². The SMILES string of the molecule is Cc1cc(Br)cc(-c2nnc(CCCCl)s2)c1. The van der Waals surface area contributed by atoms with Crippen molar-refractivity contribution in [3.63, 3.8) is 0 Å². The van der Waals surface area contributed by atoms with Crippen molar-refractivity contribution in [3.05, 3.63) is 33.2 Å². The van der Waals surface area contributed by atoms with Crippen LogP contribution in [-0.4, -0.2) is 16.1 Å². The largest absolute Gasteiger partial charge is 0.147 e. The Hall–Kier alpha value is -0.450. The summed E-state index contributed by atoms with van der Waals surface area (Å²) >= 11 is 10.8. The second-order valence-corrected chi connectivity index (χ2v) is 6.17. The first-order valence-electron chi connectivity index (χ1n) is 5.35. The standard InChI is InChI=1S/C12H12BrClN2S/c1-8-5-9(7-10(13)6-8)12-16-15-11(17-12)3-2-4-14/h5-7H,2-4H2,1H3. The summed E-state index contributed by atoms with van der Waals surface area (Å²) in [6, 6.07) is 6.27. The number of benzene rings is 1. The lowest BCUT2D eigenvalue weighted by Gasteiger charge is -1.99. The number of hydrogen-bond donors (Lipinski definition) is 0. The fourth-order valence-electron chi connectivity index (χ4n) is 1.55. The lowest BCUT2D eigenvalue weighted by molar-refractivity contribution is 0.884. The zero-order valence-electron chi connectivity index (χ0n) is 9.41. The van der Waals surface area contributed by atoms with Gasteiger partial charge >= 0.3 is 0 Å². The average molecular weight is 332 g/mol. The topological polar surface area (TPSA) is 25.8 Å². The van der Waals surface area contributed by atoms with Crippen LogP contribution in [0.25, 0.3) is 10.6 Å². The van der Waals surface area contributed by atoms with Crippen LogP contribution in [0.3, 0.4) is 0 Å². The first-order valence-corrected chi connectivity index (χ1v) is 7.49. The first kappa shape index (κ1) is 13.0. The molecular formula is C12H12BrClN2S. The van der Waals surface area contributed by atoms with Crippen molar-refractivity contribution in [3.8, 4) is 10.6 Å². The molecule has 2 nitrogen and oxygen atoms in total. The summed E-state index contributed by atoms with van der Waals surface area (Å²) in [7, 11) is 0. The summed E-state index contributed by atoms with van der Waals surface area (Å²) in [6.07, 6.45) is 1.86. The van der Waals surface area contributed by atoms with E-state index in [4.69, 9.17) is 11.6 Å². The highest BCUT2D eigenvalue weighted by molar-refractivity contribution is 9.10. The smallest absolute Gasteiger partial charge is 0.143 e. The molecule has 2 aromatic rings. The molecule has 5 heteroatoms. The summed E-state index contributed by atoms with van der Waals surface area (Å²) < 4.78 is 1.07. The summed E-state index contributed by atoms with van der Waals surface area (Å²) in [4.78, 5) is 0. The molecule has 90 valence electrons. The van der Waals surface area contributed by atoms with Crippen molar-refractivity contribution < 1.29 is 0 Å².